The molecule has 0 amide bonds. The SMILES string of the molecule is Cl.O=S(=O)(O)c1ccc(Cl)c(Cl)c1. The third-order valence-electron chi connectivity index (χ3n) is 1.19. The smallest absolute Gasteiger partial charge is 0.282 e. The molecule has 0 atom stereocenters. The van der Waals surface area contributed by atoms with Crippen LogP contribution in [0.2, 0.25) is 10.0 Å². The van der Waals surface area contributed by atoms with Gasteiger partial charge in [-0.2, -0.15) is 8.42 Å². The molecule has 0 heterocycles. The predicted molar refractivity (Wildman–Crippen MR) is 53.5 cm³/mol. The third kappa shape index (κ3) is 3.32. The lowest BCUT2D eigenvalue weighted by atomic mass is 10.4. The lowest BCUT2D eigenvalue weighted by Crippen LogP contribution is -1.97. The van der Waals surface area contributed by atoms with Crippen LogP contribution < -0.4 is 0 Å². The van der Waals surface area contributed by atoms with Gasteiger partial charge in [-0.15, -0.1) is 12.4 Å². The second-order valence-electron chi connectivity index (χ2n) is 2.05. The summed E-state index contributed by atoms with van der Waals surface area (Å²) in [6, 6.07) is 3.55. The van der Waals surface area contributed by atoms with Crippen molar-refractivity contribution < 1.29 is 13.0 Å². The number of halogens is 3. The van der Waals surface area contributed by atoms with Crippen LogP contribution in [0.15, 0.2) is 23.1 Å². The minimum absolute atomic E-state index is 0. The van der Waals surface area contributed by atoms with E-state index in [0.29, 0.717) is 0 Å². The van der Waals surface area contributed by atoms with E-state index in [1.807, 2.05) is 0 Å². The van der Waals surface area contributed by atoms with Crippen molar-refractivity contribution in [2.45, 2.75) is 4.90 Å². The van der Waals surface area contributed by atoms with E-state index in [4.69, 9.17) is 27.8 Å². The second-order valence-corrected chi connectivity index (χ2v) is 4.29. The Kier molecular flexibility index (Phi) is 4.48. The first-order chi connectivity index (χ1) is 5.41. The molecule has 74 valence electrons. The highest BCUT2D eigenvalue weighted by Crippen LogP contribution is 2.24. The lowest BCUT2D eigenvalue weighted by molar-refractivity contribution is 0.483. The average Bonchev–Trinajstić information content (AvgIpc) is 1.92. The fourth-order valence-corrected chi connectivity index (χ4v) is 1.51. The largest absolute Gasteiger partial charge is 0.294 e. The van der Waals surface area contributed by atoms with E-state index in [0.717, 1.165) is 6.07 Å². The quantitative estimate of drug-likeness (QED) is 0.793. The van der Waals surface area contributed by atoms with Gasteiger partial charge in [-0.1, -0.05) is 23.2 Å². The van der Waals surface area contributed by atoms with Gasteiger partial charge in [-0.25, -0.2) is 0 Å². The standard InChI is InChI=1S/C6H4Cl2O3S.ClH/c7-5-2-1-4(3-6(5)8)12(9,10)11;/h1-3H,(H,9,10,11);1H. The van der Waals surface area contributed by atoms with Crippen LogP contribution in [0.1, 0.15) is 0 Å². The Labute approximate surface area is 91.8 Å². The van der Waals surface area contributed by atoms with Crippen LogP contribution in [0.5, 0.6) is 0 Å². The summed E-state index contributed by atoms with van der Waals surface area (Å²) in [4.78, 5) is -0.267. The molecule has 0 bridgehead atoms. The van der Waals surface area contributed by atoms with E-state index in [1.54, 1.807) is 0 Å². The first kappa shape index (κ1) is 13.0. The zero-order chi connectivity index (χ0) is 9.35. The van der Waals surface area contributed by atoms with E-state index in [9.17, 15) is 8.42 Å². The van der Waals surface area contributed by atoms with Gasteiger partial charge in [0.15, 0.2) is 0 Å². The molecule has 0 radical (unpaired) electrons. The van der Waals surface area contributed by atoms with Gasteiger partial charge in [0, 0.05) is 0 Å². The monoisotopic (exact) mass is 262 g/mol. The van der Waals surface area contributed by atoms with Crippen molar-refractivity contribution in [2.24, 2.45) is 0 Å². The highest BCUT2D eigenvalue weighted by Gasteiger charge is 2.10. The fourth-order valence-electron chi connectivity index (χ4n) is 0.637. The zero-order valence-corrected chi connectivity index (χ0v) is 9.21. The number of hydrogen-bond donors (Lipinski definition) is 1. The number of rotatable bonds is 1. The molecule has 13 heavy (non-hydrogen) atoms. The molecule has 7 heteroatoms. The second kappa shape index (κ2) is 4.48. The summed E-state index contributed by atoms with van der Waals surface area (Å²) >= 11 is 11.0. The Morgan fingerprint density at radius 3 is 2.08 bits per heavy atom. The topological polar surface area (TPSA) is 54.4 Å². The molecule has 0 aromatic heterocycles. The van der Waals surface area contributed by atoms with Crippen LogP contribution in [0.4, 0.5) is 0 Å². The van der Waals surface area contributed by atoms with Crippen molar-refractivity contribution in [1.82, 2.24) is 0 Å². The van der Waals surface area contributed by atoms with Gasteiger partial charge in [0.1, 0.15) is 0 Å². The molecular formula is C6H5Cl3O3S. The molecule has 1 N–H and O–H groups in total. The summed E-state index contributed by atoms with van der Waals surface area (Å²) in [5.74, 6) is 0. The van der Waals surface area contributed by atoms with Crippen LogP contribution in [-0.2, 0) is 10.1 Å². The fraction of sp³-hybridized carbons (Fsp3) is 0. The van der Waals surface area contributed by atoms with Crippen molar-refractivity contribution in [2.75, 3.05) is 0 Å². The first-order valence-electron chi connectivity index (χ1n) is 2.84. The summed E-state index contributed by atoms with van der Waals surface area (Å²) < 4.78 is 29.7. The summed E-state index contributed by atoms with van der Waals surface area (Å²) in [7, 11) is -4.19. The maximum Gasteiger partial charge on any atom is 0.294 e. The van der Waals surface area contributed by atoms with Crippen molar-refractivity contribution in [1.29, 1.82) is 0 Å². The van der Waals surface area contributed by atoms with Crippen LogP contribution in [0.25, 0.3) is 0 Å². The van der Waals surface area contributed by atoms with Crippen LogP contribution >= 0.6 is 35.6 Å². The predicted octanol–water partition coefficient (Wildman–Crippen LogP) is 2.66. The first-order valence-corrected chi connectivity index (χ1v) is 5.03. The minimum atomic E-state index is -4.19. The van der Waals surface area contributed by atoms with Gasteiger partial charge in [-0.3, -0.25) is 4.55 Å². The Hall–Kier alpha value is -0.000000000000000111. The minimum Gasteiger partial charge on any atom is -0.282 e. The highest BCUT2D eigenvalue weighted by molar-refractivity contribution is 7.85. The Bertz CT molecular complexity index is 402. The lowest BCUT2D eigenvalue weighted by Gasteiger charge is -1.98. The summed E-state index contributed by atoms with van der Waals surface area (Å²) in [6.07, 6.45) is 0. The molecule has 0 saturated carbocycles. The molecular weight excluding hydrogens is 258 g/mol. The summed E-state index contributed by atoms with van der Waals surface area (Å²) in [5.41, 5.74) is 0. The molecule has 0 spiro atoms. The van der Waals surface area contributed by atoms with Gasteiger partial charge < -0.3 is 0 Å². The van der Waals surface area contributed by atoms with E-state index in [1.165, 1.54) is 12.1 Å². The molecule has 1 aromatic rings. The average molecular weight is 264 g/mol. The summed E-state index contributed by atoms with van der Waals surface area (Å²) in [6.45, 7) is 0. The highest BCUT2D eigenvalue weighted by atomic mass is 35.5. The van der Waals surface area contributed by atoms with Crippen molar-refractivity contribution in [3.63, 3.8) is 0 Å². The molecule has 0 saturated heterocycles. The summed E-state index contributed by atoms with van der Waals surface area (Å²) in [5, 5.41) is 0.329. The molecule has 0 fully saturated rings. The van der Waals surface area contributed by atoms with E-state index in [-0.39, 0.29) is 27.3 Å². The third-order valence-corrected chi connectivity index (χ3v) is 2.78. The van der Waals surface area contributed by atoms with Crippen molar-refractivity contribution in [3.8, 4) is 0 Å². The van der Waals surface area contributed by atoms with Crippen LogP contribution in [0.3, 0.4) is 0 Å². The number of hydrogen-bond acceptors (Lipinski definition) is 2. The maximum atomic E-state index is 10.6. The van der Waals surface area contributed by atoms with Gasteiger partial charge in [-0.05, 0) is 18.2 Å². The van der Waals surface area contributed by atoms with Crippen LogP contribution in [-0.4, -0.2) is 13.0 Å². The van der Waals surface area contributed by atoms with E-state index >= 15 is 0 Å². The molecule has 3 nitrogen and oxygen atoms in total. The Morgan fingerprint density at radius 1 is 1.15 bits per heavy atom. The molecule has 1 rings (SSSR count). The van der Waals surface area contributed by atoms with Crippen molar-refractivity contribution >= 4 is 45.7 Å². The molecule has 0 aliphatic carbocycles. The van der Waals surface area contributed by atoms with Crippen LogP contribution in [0, 0.1) is 0 Å². The Balaban J connectivity index is 0.00000144. The van der Waals surface area contributed by atoms with E-state index in [2.05, 4.69) is 0 Å². The Morgan fingerprint density at radius 2 is 1.69 bits per heavy atom. The molecule has 0 aliphatic heterocycles. The van der Waals surface area contributed by atoms with Gasteiger partial charge in [0.2, 0.25) is 0 Å². The normalized spacial score (nSPS) is 10.7. The van der Waals surface area contributed by atoms with Gasteiger partial charge in [0.05, 0.1) is 14.9 Å². The van der Waals surface area contributed by atoms with E-state index < -0.39 is 10.1 Å². The molecule has 0 aliphatic rings. The molecule has 0 unspecified atom stereocenters. The van der Waals surface area contributed by atoms with Gasteiger partial charge in [0.25, 0.3) is 10.1 Å². The number of benzene rings is 1. The van der Waals surface area contributed by atoms with Crippen molar-refractivity contribution in [3.05, 3.63) is 28.2 Å². The molecule has 1 aromatic carbocycles. The zero-order valence-electron chi connectivity index (χ0n) is 6.07. The van der Waals surface area contributed by atoms with Gasteiger partial charge >= 0.3 is 0 Å². The maximum absolute atomic E-state index is 10.6.